The number of hydrogen-bond acceptors (Lipinski definition) is 3. The second kappa shape index (κ2) is 6.43. The Kier molecular flexibility index (Phi) is 5.66. The van der Waals surface area contributed by atoms with E-state index in [4.69, 9.17) is 11.6 Å². The molecule has 0 spiro atoms. The molecule has 1 aromatic rings. The van der Waals surface area contributed by atoms with Crippen LogP contribution in [0, 0.1) is 0 Å². The number of aryl methyl sites for hydroxylation is 1. The maximum Gasteiger partial charge on any atom is 0.402 e. The van der Waals surface area contributed by atoms with Crippen molar-refractivity contribution >= 4 is 33.0 Å². The number of thiophene rings is 1. The molecule has 1 heterocycles. The fourth-order valence-corrected chi connectivity index (χ4v) is 4.68. The number of alkyl halides is 4. The van der Waals surface area contributed by atoms with Gasteiger partial charge in [0.05, 0.1) is 0 Å². The van der Waals surface area contributed by atoms with Crippen LogP contribution < -0.4 is 0 Å². The Morgan fingerprint density at radius 2 is 2.00 bits per heavy atom. The highest BCUT2D eigenvalue weighted by Crippen LogP contribution is 2.27. The van der Waals surface area contributed by atoms with Gasteiger partial charge in [0, 0.05) is 17.3 Å². The average Bonchev–Trinajstić information content (AvgIpc) is 2.74. The summed E-state index contributed by atoms with van der Waals surface area (Å²) in [6, 6.07) is 2.89. The predicted molar refractivity (Wildman–Crippen MR) is 69.2 cm³/mol. The van der Waals surface area contributed by atoms with Gasteiger partial charge in [-0.25, -0.2) is 8.42 Å². The highest BCUT2D eigenvalue weighted by molar-refractivity contribution is 7.91. The first-order valence-electron chi connectivity index (χ1n) is 5.42. The normalized spacial score (nSPS) is 13.2. The molecule has 110 valence electrons. The Bertz CT molecular complexity index is 513. The lowest BCUT2D eigenvalue weighted by atomic mass is 10.4. The molecule has 0 bridgehead atoms. The van der Waals surface area contributed by atoms with Crippen molar-refractivity contribution in [1.82, 2.24) is 4.31 Å². The van der Waals surface area contributed by atoms with Crippen LogP contribution in [-0.2, 0) is 16.4 Å². The van der Waals surface area contributed by atoms with Crippen LogP contribution in [0.5, 0.6) is 0 Å². The molecule has 0 aliphatic rings. The molecule has 0 saturated heterocycles. The standard InChI is InChI=1S/C10H13ClF3NO2S2/c1-2-15(7-10(12,13)14)19(16,17)9-4-3-8(18-9)5-6-11/h3-4H,2,5-7H2,1H3. The molecular formula is C10H13ClF3NO2S2. The molecule has 3 nitrogen and oxygen atoms in total. The largest absolute Gasteiger partial charge is 0.402 e. The SMILES string of the molecule is CCN(CC(F)(F)F)S(=O)(=O)c1ccc(CCCl)s1. The van der Waals surface area contributed by atoms with E-state index in [1.54, 1.807) is 6.07 Å². The summed E-state index contributed by atoms with van der Waals surface area (Å²) >= 11 is 6.49. The zero-order valence-corrected chi connectivity index (χ0v) is 12.5. The molecule has 0 aromatic carbocycles. The van der Waals surface area contributed by atoms with E-state index in [0.717, 1.165) is 16.2 Å². The van der Waals surface area contributed by atoms with E-state index in [0.29, 0.717) is 16.6 Å². The summed E-state index contributed by atoms with van der Waals surface area (Å²) in [5.74, 6) is 0.333. The molecule has 0 fully saturated rings. The first kappa shape index (κ1) is 16.7. The summed E-state index contributed by atoms with van der Waals surface area (Å²) in [7, 11) is -4.09. The van der Waals surface area contributed by atoms with E-state index < -0.39 is 22.7 Å². The Balaban J connectivity index is 2.99. The molecule has 0 atom stereocenters. The lowest BCUT2D eigenvalue weighted by Crippen LogP contribution is -2.38. The summed E-state index contributed by atoms with van der Waals surface area (Å²) < 4.78 is 61.5. The van der Waals surface area contributed by atoms with Gasteiger partial charge in [0.1, 0.15) is 10.8 Å². The van der Waals surface area contributed by atoms with Gasteiger partial charge in [-0.15, -0.1) is 22.9 Å². The van der Waals surface area contributed by atoms with Crippen LogP contribution in [0.3, 0.4) is 0 Å². The fourth-order valence-electron chi connectivity index (χ4n) is 1.42. The van der Waals surface area contributed by atoms with Crippen molar-refractivity contribution in [2.45, 2.75) is 23.7 Å². The molecule has 19 heavy (non-hydrogen) atoms. The molecular weight excluding hydrogens is 323 g/mol. The lowest BCUT2D eigenvalue weighted by molar-refractivity contribution is -0.135. The van der Waals surface area contributed by atoms with Gasteiger partial charge in [0.25, 0.3) is 10.0 Å². The number of hydrogen-bond donors (Lipinski definition) is 0. The van der Waals surface area contributed by atoms with Gasteiger partial charge in [0.15, 0.2) is 0 Å². The fraction of sp³-hybridized carbons (Fsp3) is 0.600. The van der Waals surface area contributed by atoms with Crippen molar-refractivity contribution in [2.75, 3.05) is 19.0 Å². The van der Waals surface area contributed by atoms with Crippen molar-refractivity contribution < 1.29 is 21.6 Å². The predicted octanol–water partition coefficient (Wildman–Crippen LogP) is 3.10. The summed E-state index contributed by atoms with van der Waals surface area (Å²) in [4.78, 5) is 0.733. The average molecular weight is 336 g/mol. The van der Waals surface area contributed by atoms with Crippen LogP contribution in [0.1, 0.15) is 11.8 Å². The van der Waals surface area contributed by atoms with Crippen LogP contribution in [0.25, 0.3) is 0 Å². The first-order valence-corrected chi connectivity index (χ1v) is 8.21. The zero-order valence-electron chi connectivity index (χ0n) is 10.1. The van der Waals surface area contributed by atoms with Crippen LogP contribution in [-0.4, -0.2) is 37.9 Å². The Morgan fingerprint density at radius 3 is 2.47 bits per heavy atom. The van der Waals surface area contributed by atoms with Gasteiger partial charge in [-0.3, -0.25) is 0 Å². The van der Waals surface area contributed by atoms with Gasteiger partial charge >= 0.3 is 6.18 Å². The van der Waals surface area contributed by atoms with Gasteiger partial charge in [-0.05, 0) is 18.6 Å². The second-order valence-corrected chi connectivity index (χ2v) is 7.42. The van der Waals surface area contributed by atoms with E-state index in [2.05, 4.69) is 0 Å². The number of sulfonamides is 1. The molecule has 9 heteroatoms. The topological polar surface area (TPSA) is 37.4 Å². The highest BCUT2D eigenvalue weighted by Gasteiger charge is 2.36. The van der Waals surface area contributed by atoms with Crippen molar-refractivity contribution in [3.8, 4) is 0 Å². The molecule has 0 unspecified atom stereocenters. The van der Waals surface area contributed by atoms with Crippen LogP contribution >= 0.6 is 22.9 Å². The number of rotatable bonds is 6. The van der Waals surface area contributed by atoms with E-state index in [1.165, 1.54) is 13.0 Å². The van der Waals surface area contributed by atoms with E-state index >= 15 is 0 Å². The van der Waals surface area contributed by atoms with Crippen LogP contribution in [0.4, 0.5) is 13.2 Å². The van der Waals surface area contributed by atoms with Gasteiger partial charge in [-0.1, -0.05) is 6.92 Å². The Labute approximate surface area is 119 Å². The maximum absolute atomic E-state index is 12.3. The number of nitrogens with zero attached hydrogens (tertiary/aromatic N) is 1. The summed E-state index contributed by atoms with van der Waals surface area (Å²) in [6.45, 7) is -0.338. The zero-order chi connectivity index (χ0) is 14.7. The monoisotopic (exact) mass is 335 g/mol. The van der Waals surface area contributed by atoms with Crippen LogP contribution in [0.2, 0.25) is 0 Å². The van der Waals surface area contributed by atoms with Gasteiger partial charge in [0.2, 0.25) is 0 Å². The Morgan fingerprint density at radius 1 is 1.37 bits per heavy atom. The molecule has 0 N–H and O–H groups in total. The van der Waals surface area contributed by atoms with E-state index in [1.807, 2.05) is 0 Å². The molecule has 0 radical (unpaired) electrons. The first-order chi connectivity index (χ1) is 8.70. The van der Waals surface area contributed by atoms with Crippen molar-refractivity contribution in [2.24, 2.45) is 0 Å². The third kappa shape index (κ3) is 4.62. The second-order valence-electron chi connectivity index (χ2n) is 3.71. The molecule has 1 aromatic heterocycles. The van der Waals surface area contributed by atoms with E-state index in [-0.39, 0.29) is 10.8 Å². The Hall–Kier alpha value is -0.310. The van der Waals surface area contributed by atoms with Crippen LogP contribution in [0.15, 0.2) is 16.3 Å². The molecule has 0 aliphatic carbocycles. The molecule has 1 rings (SSSR count). The van der Waals surface area contributed by atoms with E-state index in [9.17, 15) is 21.6 Å². The minimum atomic E-state index is -4.56. The van der Waals surface area contributed by atoms with Crippen molar-refractivity contribution in [1.29, 1.82) is 0 Å². The minimum Gasteiger partial charge on any atom is -0.206 e. The third-order valence-corrected chi connectivity index (χ3v) is 6.00. The smallest absolute Gasteiger partial charge is 0.206 e. The number of halogens is 4. The summed E-state index contributed by atoms with van der Waals surface area (Å²) in [5.41, 5.74) is 0. The third-order valence-electron chi connectivity index (χ3n) is 2.28. The van der Waals surface area contributed by atoms with Gasteiger partial charge in [-0.2, -0.15) is 17.5 Å². The van der Waals surface area contributed by atoms with Crippen molar-refractivity contribution in [3.05, 3.63) is 17.0 Å². The summed E-state index contributed by atoms with van der Waals surface area (Å²) in [6.07, 6.45) is -4.06. The lowest BCUT2D eigenvalue weighted by Gasteiger charge is -2.20. The molecule has 0 aliphatic heterocycles. The molecule has 0 saturated carbocycles. The van der Waals surface area contributed by atoms with Gasteiger partial charge < -0.3 is 0 Å². The maximum atomic E-state index is 12.3. The molecule has 0 amide bonds. The highest BCUT2D eigenvalue weighted by atomic mass is 35.5. The van der Waals surface area contributed by atoms with Crippen molar-refractivity contribution in [3.63, 3.8) is 0 Å². The minimum absolute atomic E-state index is 0.0845. The summed E-state index contributed by atoms with van der Waals surface area (Å²) in [5, 5.41) is 0. The quantitative estimate of drug-likeness (QED) is 0.749.